The van der Waals surface area contributed by atoms with Crippen LogP contribution in [0.1, 0.15) is 39.3 Å². The zero-order valence-corrected chi connectivity index (χ0v) is 13.7. The lowest BCUT2D eigenvalue weighted by atomic mass is 10.2. The first kappa shape index (κ1) is 16.3. The first-order chi connectivity index (χ1) is 10.4. The molecule has 0 fully saturated rings. The lowest BCUT2D eigenvalue weighted by Gasteiger charge is -2.29. The predicted molar refractivity (Wildman–Crippen MR) is 82.8 cm³/mol. The van der Waals surface area contributed by atoms with Crippen LogP contribution in [0.25, 0.3) is 0 Å². The maximum atomic E-state index is 12.1. The summed E-state index contributed by atoms with van der Waals surface area (Å²) in [6, 6.07) is 0. The number of aromatic nitrogens is 1. The molecule has 0 bridgehead atoms. The molecule has 0 atom stereocenters. The highest BCUT2D eigenvalue weighted by atomic mass is 16.6. The Morgan fingerprint density at radius 1 is 1.50 bits per heavy atom. The number of carbonyl (C=O) groups is 1. The van der Waals surface area contributed by atoms with E-state index in [1.54, 1.807) is 11.1 Å². The smallest absolute Gasteiger partial charge is 0.410 e. The molecule has 0 aromatic carbocycles. The molecule has 1 aromatic rings. The van der Waals surface area contributed by atoms with Crippen molar-refractivity contribution in [2.24, 2.45) is 4.99 Å². The zero-order chi connectivity index (χ0) is 16.2. The number of hydrogen-bond acceptors (Lipinski definition) is 6. The van der Waals surface area contributed by atoms with Gasteiger partial charge in [0.1, 0.15) is 17.2 Å². The minimum atomic E-state index is -0.492. The summed E-state index contributed by atoms with van der Waals surface area (Å²) < 4.78 is 10.9. The molecule has 0 radical (unpaired) electrons. The van der Waals surface area contributed by atoms with Crippen molar-refractivity contribution in [1.82, 2.24) is 15.2 Å². The molecule has 0 unspecified atom stereocenters. The molecule has 7 nitrogen and oxygen atoms in total. The Morgan fingerprint density at radius 2 is 2.27 bits per heavy atom. The second kappa shape index (κ2) is 6.81. The second-order valence-electron chi connectivity index (χ2n) is 6.16. The van der Waals surface area contributed by atoms with Gasteiger partial charge in [0.15, 0.2) is 0 Å². The lowest BCUT2D eigenvalue weighted by Crippen LogP contribution is -2.47. The molecule has 0 saturated carbocycles. The summed E-state index contributed by atoms with van der Waals surface area (Å²) in [7, 11) is 0. The van der Waals surface area contributed by atoms with Gasteiger partial charge in [-0.25, -0.2) is 9.78 Å². The fourth-order valence-electron chi connectivity index (χ4n) is 1.98. The number of hydrogen-bond donors (Lipinski definition) is 1. The van der Waals surface area contributed by atoms with Gasteiger partial charge in [-0.15, -0.1) is 0 Å². The molecule has 0 saturated heterocycles. The Hall–Kier alpha value is -2.05. The van der Waals surface area contributed by atoms with Crippen LogP contribution in [0.5, 0.6) is 0 Å². The largest absolute Gasteiger partial charge is 0.444 e. The van der Waals surface area contributed by atoms with Crippen molar-refractivity contribution < 1.29 is 13.9 Å². The van der Waals surface area contributed by atoms with Gasteiger partial charge in [-0.05, 0) is 20.8 Å². The Balaban J connectivity index is 1.85. The molecule has 1 aliphatic heterocycles. The van der Waals surface area contributed by atoms with E-state index in [0.29, 0.717) is 32.1 Å². The number of nitrogens with zero attached hydrogens (tertiary/aromatic N) is 3. The number of rotatable bonds is 3. The number of aryl methyl sites for hydroxylation is 1. The van der Waals surface area contributed by atoms with Crippen LogP contribution < -0.4 is 5.32 Å². The molecule has 2 heterocycles. The summed E-state index contributed by atoms with van der Waals surface area (Å²) in [5.74, 6) is 2.22. The third-order valence-electron chi connectivity index (χ3n) is 3.06. The molecule has 1 aromatic heterocycles. The molecular formula is C15H24N4O3. The summed E-state index contributed by atoms with van der Waals surface area (Å²) in [6.07, 6.45) is 2.23. The number of ether oxygens (including phenoxy) is 1. The highest BCUT2D eigenvalue weighted by Crippen LogP contribution is 2.11. The monoisotopic (exact) mass is 308 g/mol. The van der Waals surface area contributed by atoms with E-state index in [9.17, 15) is 4.79 Å². The minimum absolute atomic E-state index is 0.314. The van der Waals surface area contributed by atoms with Gasteiger partial charge >= 0.3 is 6.09 Å². The fraction of sp³-hybridized carbons (Fsp3) is 0.667. The molecule has 0 aliphatic carbocycles. The molecule has 1 N–H and O–H groups in total. The third kappa shape index (κ3) is 4.75. The van der Waals surface area contributed by atoms with Crippen LogP contribution in [-0.4, -0.2) is 47.0 Å². The zero-order valence-electron chi connectivity index (χ0n) is 13.7. The van der Waals surface area contributed by atoms with Gasteiger partial charge < -0.3 is 14.5 Å². The molecule has 7 heteroatoms. The van der Waals surface area contributed by atoms with Gasteiger partial charge in [-0.1, -0.05) is 6.92 Å². The molecule has 1 aliphatic rings. The predicted octanol–water partition coefficient (Wildman–Crippen LogP) is 1.98. The molecule has 0 spiro atoms. The molecule has 1 amide bonds. The van der Waals surface area contributed by atoms with Crippen molar-refractivity contribution in [2.75, 3.05) is 19.6 Å². The van der Waals surface area contributed by atoms with E-state index in [1.165, 1.54) is 0 Å². The molecular weight excluding hydrogens is 284 g/mol. The van der Waals surface area contributed by atoms with Gasteiger partial charge in [-0.3, -0.25) is 9.89 Å². The lowest BCUT2D eigenvalue weighted by molar-refractivity contribution is 0.0276. The fourth-order valence-corrected chi connectivity index (χ4v) is 1.98. The maximum absolute atomic E-state index is 12.1. The number of nitrogens with one attached hydrogen (secondary N) is 1. The Bertz CT molecular complexity index is 545. The van der Waals surface area contributed by atoms with Crippen LogP contribution in [0.4, 0.5) is 4.79 Å². The van der Waals surface area contributed by atoms with Gasteiger partial charge in [0.05, 0.1) is 25.8 Å². The van der Waals surface area contributed by atoms with Crippen LogP contribution in [0.15, 0.2) is 15.6 Å². The summed E-state index contributed by atoms with van der Waals surface area (Å²) >= 11 is 0. The van der Waals surface area contributed by atoms with E-state index in [2.05, 4.69) is 15.3 Å². The molecule has 22 heavy (non-hydrogen) atoms. The average Bonchev–Trinajstić information content (AvgIpc) is 2.92. The second-order valence-corrected chi connectivity index (χ2v) is 6.16. The standard InChI is InChI=1S/C15H24N4O3/c1-5-11-8-18-13(21-11)9-17-12-10-19(7-6-16-12)14(20)22-15(2,3)4/h8H,5-7,9-10H2,1-4H3,(H,16,17). The molecule has 2 rings (SSSR count). The number of oxazole rings is 1. The number of aliphatic imine (C=N–C) groups is 1. The van der Waals surface area contributed by atoms with Crippen molar-refractivity contribution in [3.63, 3.8) is 0 Å². The van der Waals surface area contributed by atoms with Crippen LogP contribution >= 0.6 is 0 Å². The quantitative estimate of drug-likeness (QED) is 0.923. The van der Waals surface area contributed by atoms with Crippen molar-refractivity contribution in [3.05, 3.63) is 17.8 Å². The number of amides is 1. The first-order valence-electron chi connectivity index (χ1n) is 7.56. The van der Waals surface area contributed by atoms with Crippen molar-refractivity contribution in [2.45, 2.75) is 46.3 Å². The Kier molecular flexibility index (Phi) is 5.05. The van der Waals surface area contributed by atoms with E-state index in [1.807, 2.05) is 27.7 Å². The maximum Gasteiger partial charge on any atom is 0.410 e. The Morgan fingerprint density at radius 3 is 2.91 bits per heavy atom. The normalized spacial score (nSPS) is 15.5. The minimum Gasteiger partial charge on any atom is -0.444 e. The Labute approximate surface area is 130 Å². The van der Waals surface area contributed by atoms with E-state index >= 15 is 0 Å². The van der Waals surface area contributed by atoms with Crippen molar-refractivity contribution >= 4 is 11.9 Å². The van der Waals surface area contributed by atoms with Gasteiger partial charge in [0, 0.05) is 13.0 Å². The van der Waals surface area contributed by atoms with Crippen molar-refractivity contribution in [3.8, 4) is 0 Å². The van der Waals surface area contributed by atoms with Crippen LogP contribution in [0, 0.1) is 0 Å². The van der Waals surface area contributed by atoms with Crippen LogP contribution in [0.2, 0.25) is 0 Å². The summed E-state index contributed by atoms with van der Waals surface area (Å²) in [4.78, 5) is 22.3. The van der Waals surface area contributed by atoms with E-state index in [4.69, 9.17) is 9.15 Å². The third-order valence-corrected chi connectivity index (χ3v) is 3.06. The van der Waals surface area contributed by atoms with Crippen LogP contribution in [-0.2, 0) is 17.7 Å². The van der Waals surface area contributed by atoms with E-state index < -0.39 is 5.60 Å². The number of carbonyl (C=O) groups excluding carboxylic acids is 1. The van der Waals surface area contributed by atoms with E-state index in [-0.39, 0.29) is 6.09 Å². The van der Waals surface area contributed by atoms with Crippen molar-refractivity contribution in [1.29, 1.82) is 0 Å². The topological polar surface area (TPSA) is 80.0 Å². The number of amidine groups is 1. The van der Waals surface area contributed by atoms with E-state index in [0.717, 1.165) is 18.0 Å². The highest BCUT2D eigenvalue weighted by Gasteiger charge is 2.25. The van der Waals surface area contributed by atoms with Gasteiger partial charge in [0.2, 0.25) is 5.89 Å². The first-order valence-corrected chi connectivity index (χ1v) is 7.56. The summed E-state index contributed by atoms with van der Waals surface area (Å²) in [5, 5.41) is 3.17. The highest BCUT2D eigenvalue weighted by molar-refractivity contribution is 5.87. The summed E-state index contributed by atoms with van der Waals surface area (Å²) in [5.41, 5.74) is -0.492. The average molecular weight is 308 g/mol. The summed E-state index contributed by atoms with van der Waals surface area (Å²) in [6.45, 7) is 9.59. The van der Waals surface area contributed by atoms with Gasteiger partial charge in [-0.2, -0.15) is 0 Å². The van der Waals surface area contributed by atoms with Crippen LogP contribution in [0.3, 0.4) is 0 Å². The SMILES string of the molecule is CCc1cnc(CNC2=NCCN(C(=O)OC(C)(C)C)C2)o1. The van der Waals surface area contributed by atoms with Gasteiger partial charge in [0.25, 0.3) is 0 Å². The molecule has 122 valence electrons.